The molecule has 0 spiro atoms. The van der Waals surface area contributed by atoms with E-state index in [0.29, 0.717) is 30.8 Å². The molecule has 1 amide bonds. The van der Waals surface area contributed by atoms with Gasteiger partial charge in [-0.25, -0.2) is 0 Å². The number of aromatic nitrogens is 1. The van der Waals surface area contributed by atoms with E-state index in [2.05, 4.69) is 4.98 Å². The number of methoxy groups -OCH3 is 2. The maximum Gasteiger partial charge on any atom is 0.313 e. The van der Waals surface area contributed by atoms with Crippen molar-refractivity contribution >= 4 is 22.8 Å². The number of H-pyrrole nitrogens is 1. The van der Waals surface area contributed by atoms with Gasteiger partial charge in [-0.05, 0) is 37.1 Å². The highest BCUT2D eigenvalue weighted by Crippen LogP contribution is 2.32. The molecule has 1 aliphatic heterocycles. The fourth-order valence-electron chi connectivity index (χ4n) is 3.46. The number of fused-ring (bicyclic) bond motifs is 1. The van der Waals surface area contributed by atoms with Gasteiger partial charge in [-0.15, -0.1) is 0 Å². The second kappa shape index (κ2) is 6.76. The van der Waals surface area contributed by atoms with Crippen molar-refractivity contribution in [2.45, 2.75) is 12.8 Å². The fourth-order valence-corrected chi connectivity index (χ4v) is 3.46. The van der Waals surface area contributed by atoms with Crippen LogP contribution in [-0.4, -0.2) is 60.8 Å². The number of hydrogen-bond acceptors (Lipinski definition) is 4. The minimum absolute atomic E-state index is 0.0933. The van der Waals surface area contributed by atoms with Gasteiger partial charge in [-0.1, -0.05) is 0 Å². The Morgan fingerprint density at radius 1 is 1.32 bits per heavy atom. The van der Waals surface area contributed by atoms with Crippen LogP contribution in [0.4, 0.5) is 0 Å². The summed E-state index contributed by atoms with van der Waals surface area (Å²) in [5, 5.41) is 10.5. The zero-order chi connectivity index (χ0) is 18.0. The zero-order valence-electron chi connectivity index (χ0n) is 14.4. The van der Waals surface area contributed by atoms with Crippen LogP contribution >= 0.6 is 0 Å². The van der Waals surface area contributed by atoms with Gasteiger partial charge in [0.2, 0.25) is 0 Å². The molecule has 0 bridgehead atoms. The largest absolute Gasteiger partial charge is 0.497 e. The van der Waals surface area contributed by atoms with E-state index in [1.54, 1.807) is 18.1 Å². The van der Waals surface area contributed by atoms with Crippen molar-refractivity contribution in [2.75, 3.05) is 33.9 Å². The second-order valence-electron chi connectivity index (χ2n) is 6.48. The summed E-state index contributed by atoms with van der Waals surface area (Å²) in [6, 6.07) is 7.30. The van der Waals surface area contributed by atoms with Crippen molar-refractivity contribution < 1.29 is 24.2 Å². The Balaban J connectivity index is 1.86. The topological polar surface area (TPSA) is 91.9 Å². The van der Waals surface area contributed by atoms with Crippen LogP contribution in [0.3, 0.4) is 0 Å². The molecule has 1 unspecified atom stereocenters. The Kier molecular flexibility index (Phi) is 4.67. The molecule has 1 saturated heterocycles. The molecule has 3 rings (SSSR count). The van der Waals surface area contributed by atoms with Gasteiger partial charge in [0.1, 0.15) is 16.9 Å². The summed E-state index contributed by atoms with van der Waals surface area (Å²) in [4.78, 5) is 29.3. The van der Waals surface area contributed by atoms with Gasteiger partial charge in [-0.3, -0.25) is 9.59 Å². The number of aromatic amines is 1. The molecule has 2 heterocycles. The van der Waals surface area contributed by atoms with Gasteiger partial charge >= 0.3 is 5.97 Å². The van der Waals surface area contributed by atoms with E-state index >= 15 is 0 Å². The fraction of sp³-hybridized carbons (Fsp3) is 0.444. The quantitative estimate of drug-likeness (QED) is 0.865. The van der Waals surface area contributed by atoms with Gasteiger partial charge < -0.3 is 24.5 Å². The average molecular weight is 346 g/mol. The summed E-state index contributed by atoms with van der Waals surface area (Å²) >= 11 is 0. The van der Waals surface area contributed by atoms with Crippen molar-refractivity contribution in [1.82, 2.24) is 9.88 Å². The van der Waals surface area contributed by atoms with Gasteiger partial charge in [0.25, 0.3) is 5.91 Å². The molecule has 7 heteroatoms. The summed E-state index contributed by atoms with van der Waals surface area (Å²) in [6.45, 7) is 0.778. The number of carboxylic acid groups (broad SMARTS) is 1. The number of carbonyl (C=O) groups is 2. The first-order valence-electron chi connectivity index (χ1n) is 8.17. The standard InChI is InChI=1S/C18H22N2O5/c1-24-11-18(17(22)23)6-3-7-20(10-18)16(21)15-9-12-8-13(25-2)4-5-14(12)19-15/h4-5,8-9,19H,3,6-7,10-11H2,1-2H3,(H,22,23). The molecule has 0 radical (unpaired) electrons. The molecule has 1 aromatic heterocycles. The van der Waals surface area contributed by atoms with Crippen LogP contribution in [0.5, 0.6) is 5.75 Å². The molecule has 134 valence electrons. The molecule has 1 aliphatic rings. The third-order valence-electron chi connectivity index (χ3n) is 4.80. The first-order valence-corrected chi connectivity index (χ1v) is 8.17. The lowest BCUT2D eigenvalue weighted by atomic mass is 9.80. The van der Waals surface area contributed by atoms with Crippen LogP contribution in [-0.2, 0) is 9.53 Å². The smallest absolute Gasteiger partial charge is 0.313 e. The number of ether oxygens (including phenoxy) is 2. The summed E-state index contributed by atoms with van der Waals surface area (Å²) in [5.41, 5.74) is 0.238. The van der Waals surface area contributed by atoms with E-state index in [9.17, 15) is 14.7 Å². The second-order valence-corrected chi connectivity index (χ2v) is 6.48. The van der Waals surface area contributed by atoms with Crippen molar-refractivity contribution in [3.63, 3.8) is 0 Å². The van der Waals surface area contributed by atoms with Crippen LogP contribution in [0, 0.1) is 5.41 Å². The molecule has 1 atom stereocenters. The number of carbonyl (C=O) groups excluding carboxylic acids is 1. The molecular weight excluding hydrogens is 324 g/mol. The number of hydrogen-bond donors (Lipinski definition) is 2. The van der Waals surface area contributed by atoms with Crippen LogP contribution in [0.25, 0.3) is 10.9 Å². The van der Waals surface area contributed by atoms with Crippen LogP contribution in [0.15, 0.2) is 24.3 Å². The molecule has 1 aromatic carbocycles. The van der Waals surface area contributed by atoms with Crippen molar-refractivity contribution in [2.24, 2.45) is 5.41 Å². The van der Waals surface area contributed by atoms with Crippen molar-refractivity contribution in [1.29, 1.82) is 0 Å². The zero-order valence-corrected chi connectivity index (χ0v) is 14.4. The lowest BCUT2D eigenvalue weighted by molar-refractivity contribution is -0.155. The summed E-state index contributed by atoms with van der Waals surface area (Å²) in [6.07, 6.45) is 1.14. The maximum absolute atomic E-state index is 12.9. The Hall–Kier alpha value is -2.54. The number of nitrogens with one attached hydrogen (secondary N) is 1. The van der Waals surface area contributed by atoms with E-state index in [-0.39, 0.29) is 19.1 Å². The van der Waals surface area contributed by atoms with Crippen LogP contribution in [0.2, 0.25) is 0 Å². The third kappa shape index (κ3) is 3.19. The van der Waals surface area contributed by atoms with E-state index < -0.39 is 11.4 Å². The van der Waals surface area contributed by atoms with E-state index in [1.807, 2.05) is 18.2 Å². The highest BCUT2D eigenvalue weighted by Gasteiger charge is 2.44. The number of rotatable bonds is 5. The van der Waals surface area contributed by atoms with Gasteiger partial charge in [0.05, 0.1) is 13.7 Å². The van der Waals surface area contributed by atoms with Crippen molar-refractivity contribution in [3.05, 3.63) is 30.0 Å². The molecule has 7 nitrogen and oxygen atoms in total. The predicted octanol–water partition coefficient (Wildman–Crippen LogP) is 2.13. The summed E-state index contributed by atoms with van der Waals surface area (Å²) < 4.78 is 10.3. The third-order valence-corrected chi connectivity index (χ3v) is 4.80. The number of benzene rings is 1. The molecule has 2 aromatic rings. The number of nitrogens with zero attached hydrogens (tertiary/aromatic N) is 1. The van der Waals surface area contributed by atoms with E-state index in [0.717, 1.165) is 10.9 Å². The Bertz CT molecular complexity index is 796. The molecule has 0 aliphatic carbocycles. The molecular formula is C18H22N2O5. The maximum atomic E-state index is 12.9. The van der Waals surface area contributed by atoms with Gasteiger partial charge in [0, 0.05) is 31.1 Å². The Morgan fingerprint density at radius 3 is 2.80 bits per heavy atom. The highest BCUT2D eigenvalue weighted by atomic mass is 16.5. The summed E-state index contributed by atoms with van der Waals surface area (Å²) in [7, 11) is 3.07. The number of amides is 1. The normalized spacial score (nSPS) is 20.6. The van der Waals surface area contributed by atoms with Crippen molar-refractivity contribution in [3.8, 4) is 5.75 Å². The monoisotopic (exact) mass is 346 g/mol. The van der Waals surface area contributed by atoms with Crippen LogP contribution in [0.1, 0.15) is 23.3 Å². The van der Waals surface area contributed by atoms with E-state index in [4.69, 9.17) is 9.47 Å². The number of carboxylic acids is 1. The Morgan fingerprint density at radius 2 is 2.12 bits per heavy atom. The van der Waals surface area contributed by atoms with Gasteiger partial charge in [-0.2, -0.15) is 0 Å². The number of aliphatic carboxylic acids is 1. The minimum Gasteiger partial charge on any atom is -0.497 e. The Labute approximate surface area is 145 Å². The van der Waals surface area contributed by atoms with Crippen LogP contribution < -0.4 is 4.74 Å². The predicted molar refractivity (Wildman–Crippen MR) is 91.9 cm³/mol. The molecule has 0 saturated carbocycles. The first kappa shape index (κ1) is 17.3. The minimum atomic E-state index is -1.04. The lowest BCUT2D eigenvalue weighted by Crippen LogP contribution is -2.52. The summed E-state index contributed by atoms with van der Waals surface area (Å²) in [5.74, 6) is -0.404. The number of piperidine rings is 1. The first-order chi connectivity index (χ1) is 12.0. The van der Waals surface area contributed by atoms with Gasteiger partial charge in [0.15, 0.2) is 0 Å². The molecule has 2 N–H and O–H groups in total. The number of likely N-dealkylation sites (tertiary alicyclic amines) is 1. The molecule has 1 fully saturated rings. The SMILES string of the molecule is COCC1(C(=O)O)CCCN(C(=O)c2cc3cc(OC)ccc3[nH]2)C1. The molecule has 25 heavy (non-hydrogen) atoms. The lowest BCUT2D eigenvalue weighted by Gasteiger charge is -2.39. The highest BCUT2D eigenvalue weighted by molar-refractivity contribution is 5.98. The van der Waals surface area contributed by atoms with E-state index in [1.165, 1.54) is 7.11 Å². The average Bonchev–Trinajstić information content (AvgIpc) is 3.04.